The summed E-state index contributed by atoms with van der Waals surface area (Å²) in [6.45, 7) is 9.20. The van der Waals surface area contributed by atoms with Crippen molar-refractivity contribution in [1.82, 2.24) is 9.72 Å². The molecule has 7 nitrogen and oxygen atoms in total. The summed E-state index contributed by atoms with van der Waals surface area (Å²) in [6, 6.07) is 13.3. The molecule has 0 amide bonds. The molecule has 0 fully saturated rings. The third-order valence-corrected chi connectivity index (χ3v) is 8.73. The van der Waals surface area contributed by atoms with Gasteiger partial charge in [-0.15, -0.1) is 0 Å². The van der Waals surface area contributed by atoms with Crippen molar-refractivity contribution in [3.8, 4) is 0 Å². The number of carbonyl (C=O) groups is 3. The van der Waals surface area contributed by atoms with E-state index < -0.39 is 12.0 Å². The molecule has 1 atom stereocenters. The third-order valence-electron chi connectivity index (χ3n) is 8.73. The summed E-state index contributed by atoms with van der Waals surface area (Å²) in [7, 11) is 0. The molecule has 3 aromatic rings. The van der Waals surface area contributed by atoms with Gasteiger partial charge in [-0.05, 0) is 80.3 Å². The molecule has 234 valence electrons. The number of rotatable bonds is 20. The first kappa shape index (κ1) is 34.2. The molecule has 0 spiro atoms. The van der Waals surface area contributed by atoms with Crippen LogP contribution in [0.25, 0.3) is 5.52 Å². The fraction of sp³-hybridized carbons (Fsp3) is 0.528. The van der Waals surface area contributed by atoms with Crippen LogP contribution in [0.5, 0.6) is 0 Å². The monoisotopic (exact) mass is 589 g/mol. The molecule has 0 bridgehead atoms. The summed E-state index contributed by atoms with van der Waals surface area (Å²) >= 11 is 0. The molecule has 43 heavy (non-hydrogen) atoms. The van der Waals surface area contributed by atoms with E-state index in [-0.39, 0.29) is 29.9 Å². The average molecular weight is 590 g/mol. The molecule has 4 N–H and O–H groups in total. The van der Waals surface area contributed by atoms with Gasteiger partial charge in [0.15, 0.2) is 5.78 Å². The second kappa shape index (κ2) is 16.5. The topological polar surface area (TPSA) is 114 Å². The lowest BCUT2D eigenvalue weighted by Gasteiger charge is -2.35. The molecule has 3 rings (SSSR count). The van der Waals surface area contributed by atoms with E-state index in [1.807, 2.05) is 34.9 Å². The molecule has 2 aromatic heterocycles. The van der Waals surface area contributed by atoms with E-state index in [4.69, 9.17) is 10.8 Å². The largest absolute Gasteiger partial charge is 0.481 e. The van der Waals surface area contributed by atoms with Crippen molar-refractivity contribution in [1.29, 1.82) is 0 Å². The first-order valence-corrected chi connectivity index (χ1v) is 16.2. The Balaban J connectivity index is 1.95. The Labute approximate surface area is 257 Å². The van der Waals surface area contributed by atoms with Gasteiger partial charge in [-0.2, -0.15) is 0 Å². The number of Topliss-reactive ketones (excluding diaryl/α,β-unsaturated/α-hetero) is 1. The number of pyridine rings is 1. The van der Waals surface area contributed by atoms with Crippen molar-refractivity contribution >= 4 is 23.1 Å². The number of fused-ring (bicyclic) bond motifs is 1. The van der Waals surface area contributed by atoms with Crippen LogP contribution in [0.15, 0.2) is 48.7 Å². The van der Waals surface area contributed by atoms with Crippen LogP contribution in [0.4, 0.5) is 0 Å². The van der Waals surface area contributed by atoms with Crippen LogP contribution in [-0.4, -0.2) is 46.2 Å². The lowest BCUT2D eigenvalue weighted by atomic mass is 9.70. The Morgan fingerprint density at radius 3 is 2.14 bits per heavy atom. The minimum absolute atomic E-state index is 0.0213. The fourth-order valence-electron chi connectivity index (χ4n) is 6.17. The lowest BCUT2D eigenvalue weighted by Crippen LogP contribution is -2.35. The number of hydrogen-bond donors (Lipinski definition) is 3. The van der Waals surface area contributed by atoms with Crippen LogP contribution in [0.2, 0.25) is 0 Å². The van der Waals surface area contributed by atoms with Gasteiger partial charge >= 0.3 is 5.97 Å². The third kappa shape index (κ3) is 8.64. The van der Waals surface area contributed by atoms with E-state index in [1.54, 1.807) is 13.0 Å². The SMILES string of the molecule is CCCCc1cc2cc(C(=O)C(C)NCCC(=O)O)ccn2c1C(=O)c1ccc(C(CCN)(CCCC)CCCC)cc1. The molecule has 1 aromatic carbocycles. The predicted molar refractivity (Wildman–Crippen MR) is 174 cm³/mol. The number of hydrogen-bond acceptors (Lipinski definition) is 5. The highest BCUT2D eigenvalue weighted by Crippen LogP contribution is 2.38. The van der Waals surface area contributed by atoms with Crippen molar-refractivity contribution in [2.75, 3.05) is 13.1 Å². The van der Waals surface area contributed by atoms with Crippen LogP contribution in [0.1, 0.15) is 129 Å². The molecule has 0 aliphatic carbocycles. The smallest absolute Gasteiger partial charge is 0.304 e. The standard InChI is InChI=1S/C36H51N3O4/c1-5-8-11-28-24-31-25-29(34(42)26(4)38-22-16-32(40)41)17-23-39(31)33(28)35(43)27-12-14-30(15-13-27)36(20-21-37,18-9-6-2)19-10-7-3/h12-15,17,23-26,38H,5-11,16,18-22,37H2,1-4H3,(H,40,41). The molecular formula is C36H51N3O4. The van der Waals surface area contributed by atoms with Gasteiger partial charge in [0.1, 0.15) is 0 Å². The number of aryl methyl sites for hydroxylation is 1. The van der Waals surface area contributed by atoms with Crippen LogP contribution in [0, 0.1) is 0 Å². The summed E-state index contributed by atoms with van der Waals surface area (Å²) in [4.78, 5) is 38.0. The molecule has 2 heterocycles. The second-order valence-electron chi connectivity index (χ2n) is 11.9. The average Bonchev–Trinajstić information content (AvgIpc) is 3.38. The highest BCUT2D eigenvalue weighted by Gasteiger charge is 2.31. The van der Waals surface area contributed by atoms with E-state index in [0.717, 1.165) is 75.3 Å². The lowest BCUT2D eigenvalue weighted by molar-refractivity contribution is -0.136. The second-order valence-corrected chi connectivity index (χ2v) is 11.9. The Morgan fingerprint density at radius 1 is 0.907 bits per heavy atom. The predicted octanol–water partition coefficient (Wildman–Crippen LogP) is 7.12. The van der Waals surface area contributed by atoms with Gasteiger partial charge in [0, 0.05) is 29.4 Å². The van der Waals surface area contributed by atoms with Crippen LogP contribution in [-0.2, 0) is 16.6 Å². The zero-order valence-electron chi connectivity index (χ0n) is 26.6. The maximum absolute atomic E-state index is 14.1. The number of aliphatic carboxylic acids is 1. The summed E-state index contributed by atoms with van der Waals surface area (Å²) < 4.78 is 1.90. The van der Waals surface area contributed by atoms with Crippen LogP contribution < -0.4 is 11.1 Å². The zero-order chi connectivity index (χ0) is 31.4. The number of aromatic nitrogens is 1. The van der Waals surface area contributed by atoms with Crippen molar-refractivity contribution in [3.05, 3.63) is 76.6 Å². The van der Waals surface area contributed by atoms with Crippen molar-refractivity contribution in [2.24, 2.45) is 5.73 Å². The summed E-state index contributed by atoms with van der Waals surface area (Å²) in [5, 5.41) is 11.9. The van der Waals surface area contributed by atoms with E-state index in [1.165, 1.54) is 5.56 Å². The van der Waals surface area contributed by atoms with Gasteiger partial charge < -0.3 is 20.6 Å². The molecule has 7 heteroatoms. The molecule has 0 saturated carbocycles. The van der Waals surface area contributed by atoms with Gasteiger partial charge in [-0.25, -0.2) is 0 Å². The Bertz CT molecular complexity index is 1350. The minimum Gasteiger partial charge on any atom is -0.481 e. The van der Waals surface area contributed by atoms with E-state index in [9.17, 15) is 14.4 Å². The van der Waals surface area contributed by atoms with E-state index in [2.05, 4.69) is 38.2 Å². The Morgan fingerprint density at radius 2 is 1.56 bits per heavy atom. The van der Waals surface area contributed by atoms with E-state index >= 15 is 0 Å². The quantitative estimate of drug-likeness (QED) is 0.121. The molecule has 0 radical (unpaired) electrons. The molecule has 1 unspecified atom stereocenters. The molecule has 0 aliphatic rings. The molecular weight excluding hydrogens is 538 g/mol. The van der Waals surface area contributed by atoms with E-state index in [0.29, 0.717) is 23.4 Å². The maximum atomic E-state index is 14.1. The zero-order valence-corrected chi connectivity index (χ0v) is 26.6. The summed E-state index contributed by atoms with van der Waals surface area (Å²) in [6.07, 6.45) is 12.3. The summed E-state index contributed by atoms with van der Waals surface area (Å²) in [5.74, 6) is -1.04. The van der Waals surface area contributed by atoms with Crippen LogP contribution >= 0.6 is 0 Å². The minimum atomic E-state index is -0.906. The van der Waals surface area contributed by atoms with Gasteiger partial charge in [0.25, 0.3) is 0 Å². The highest BCUT2D eigenvalue weighted by molar-refractivity contribution is 6.10. The molecule has 0 saturated heterocycles. The normalized spacial score (nSPS) is 12.5. The van der Waals surface area contributed by atoms with Gasteiger partial charge in [-0.1, -0.05) is 77.1 Å². The number of ketones is 2. The number of nitrogens with zero attached hydrogens (tertiary/aromatic N) is 1. The summed E-state index contributed by atoms with van der Waals surface area (Å²) in [5.41, 5.74) is 11.1. The Kier molecular flexibility index (Phi) is 13.1. The number of unbranched alkanes of at least 4 members (excludes halogenated alkanes) is 3. The number of nitrogens with two attached hydrogens (primary N) is 1. The number of benzene rings is 1. The highest BCUT2D eigenvalue weighted by atomic mass is 16.4. The number of nitrogens with one attached hydrogen (secondary N) is 1. The van der Waals surface area contributed by atoms with Crippen molar-refractivity contribution < 1.29 is 19.5 Å². The maximum Gasteiger partial charge on any atom is 0.304 e. The Hall–Kier alpha value is -3.29. The number of carbonyl (C=O) groups excluding carboxylic acids is 2. The van der Waals surface area contributed by atoms with Gasteiger partial charge in [0.05, 0.1) is 18.2 Å². The van der Waals surface area contributed by atoms with Crippen LogP contribution in [0.3, 0.4) is 0 Å². The first-order chi connectivity index (χ1) is 20.7. The van der Waals surface area contributed by atoms with Gasteiger partial charge in [0.2, 0.25) is 5.78 Å². The first-order valence-electron chi connectivity index (χ1n) is 16.2. The number of carboxylic acids is 1. The fourth-order valence-corrected chi connectivity index (χ4v) is 6.17. The van der Waals surface area contributed by atoms with Crippen molar-refractivity contribution in [2.45, 2.75) is 110 Å². The molecule has 0 aliphatic heterocycles. The number of carboxylic acid groups (broad SMARTS) is 1. The van der Waals surface area contributed by atoms with Crippen molar-refractivity contribution in [3.63, 3.8) is 0 Å². The van der Waals surface area contributed by atoms with Gasteiger partial charge in [-0.3, -0.25) is 14.4 Å².